The van der Waals surface area contributed by atoms with E-state index in [1.807, 2.05) is 6.92 Å². The van der Waals surface area contributed by atoms with Gasteiger partial charge in [-0.15, -0.1) is 11.8 Å². The number of ether oxygens (including phenoxy) is 5. The lowest BCUT2D eigenvalue weighted by Crippen LogP contribution is -2.61. The van der Waals surface area contributed by atoms with E-state index in [4.69, 9.17) is 23.7 Å². The molecular weight excluding hydrogens is 608 g/mol. The molecular formula is C36H32O9S. The minimum absolute atomic E-state index is 0.235. The first-order valence-electron chi connectivity index (χ1n) is 14.7. The number of benzene rings is 4. The van der Waals surface area contributed by atoms with Gasteiger partial charge in [0.05, 0.1) is 22.3 Å². The van der Waals surface area contributed by atoms with Crippen LogP contribution in [0.15, 0.2) is 121 Å². The maximum Gasteiger partial charge on any atom is 0.338 e. The van der Waals surface area contributed by atoms with Gasteiger partial charge in [-0.25, -0.2) is 19.2 Å². The van der Waals surface area contributed by atoms with E-state index in [-0.39, 0.29) is 23.3 Å². The van der Waals surface area contributed by atoms with Crippen molar-refractivity contribution in [1.82, 2.24) is 0 Å². The molecule has 1 unspecified atom stereocenters. The predicted octanol–water partition coefficient (Wildman–Crippen LogP) is 6.00. The van der Waals surface area contributed by atoms with E-state index < -0.39 is 53.7 Å². The molecule has 4 aromatic carbocycles. The minimum Gasteiger partial charge on any atom is -0.459 e. The zero-order valence-corrected chi connectivity index (χ0v) is 25.7. The van der Waals surface area contributed by atoms with Crippen LogP contribution < -0.4 is 0 Å². The molecule has 46 heavy (non-hydrogen) atoms. The third-order valence-corrected chi connectivity index (χ3v) is 8.11. The van der Waals surface area contributed by atoms with Crippen molar-refractivity contribution >= 4 is 35.6 Å². The Bertz CT molecular complexity index is 1600. The largest absolute Gasteiger partial charge is 0.459 e. The third-order valence-electron chi connectivity index (χ3n) is 7.07. The lowest BCUT2D eigenvalue weighted by Gasteiger charge is -2.44. The standard InChI is InChI=1S/C36H32O9S/c1-2-46-36-31(45-35(40)27-21-13-6-14-22-27)30(44-34(39)26-19-11-5-12-20-26)29(43-33(38)25-17-9-4-10-18-25)28(42-36)23-41-32(37)24-15-7-3-8-16-24/h3-22,28-31,36H,2,23H2,1H3/t28-,29+,30+,31-,36?/m1/s1. The van der Waals surface area contributed by atoms with Crippen LogP contribution in [0.4, 0.5) is 0 Å². The van der Waals surface area contributed by atoms with Gasteiger partial charge in [-0.2, -0.15) is 0 Å². The molecule has 10 heteroatoms. The average molecular weight is 641 g/mol. The summed E-state index contributed by atoms with van der Waals surface area (Å²) in [6.45, 7) is 1.54. The van der Waals surface area contributed by atoms with Gasteiger partial charge >= 0.3 is 23.9 Å². The van der Waals surface area contributed by atoms with Crippen molar-refractivity contribution in [3.05, 3.63) is 144 Å². The summed E-state index contributed by atoms with van der Waals surface area (Å²) in [5.41, 5.74) is 0.184. The Kier molecular flexibility index (Phi) is 11.2. The van der Waals surface area contributed by atoms with Crippen molar-refractivity contribution in [3.8, 4) is 0 Å². The second kappa shape index (κ2) is 15.9. The normalized spacial score (nSPS) is 20.6. The molecule has 1 saturated heterocycles. The molecule has 1 aliphatic heterocycles. The molecule has 0 aliphatic carbocycles. The summed E-state index contributed by atoms with van der Waals surface area (Å²) >= 11 is 1.30. The maximum atomic E-state index is 13.5. The van der Waals surface area contributed by atoms with Gasteiger partial charge in [0.2, 0.25) is 0 Å². The van der Waals surface area contributed by atoms with E-state index in [0.717, 1.165) is 0 Å². The zero-order valence-electron chi connectivity index (χ0n) is 24.9. The van der Waals surface area contributed by atoms with Crippen LogP contribution in [0.3, 0.4) is 0 Å². The molecule has 0 aromatic heterocycles. The van der Waals surface area contributed by atoms with Gasteiger partial charge in [0.25, 0.3) is 0 Å². The molecule has 0 spiro atoms. The average Bonchev–Trinajstić information content (AvgIpc) is 3.11. The summed E-state index contributed by atoms with van der Waals surface area (Å²) in [5, 5.41) is 0. The highest BCUT2D eigenvalue weighted by Crippen LogP contribution is 2.35. The molecule has 0 amide bonds. The Morgan fingerprint density at radius 2 is 0.913 bits per heavy atom. The van der Waals surface area contributed by atoms with Gasteiger partial charge in [0.15, 0.2) is 18.3 Å². The van der Waals surface area contributed by atoms with E-state index in [2.05, 4.69) is 0 Å². The Labute approximate surface area is 270 Å². The van der Waals surface area contributed by atoms with Gasteiger partial charge < -0.3 is 23.7 Å². The van der Waals surface area contributed by atoms with Crippen LogP contribution in [-0.4, -0.2) is 66.1 Å². The number of rotatable bonds is 11. The summed E-state index contributed by atoms with van der Waals surface area (Å²) < 4.78 is 30.0. The first kappa shape index (κ1) is 32.5. The highest BCUT2D eigenvalue weighted by atomic mass is 32.2. The lowest BCUT2D eigenvalue weighted by atomic mass is 9.98. The zero-order chi connectivity index (χ0) is 32.3. The highest BCUT2D eigenvalue weighted by molar-refractivity contribution is 7.99. The first-order valence-corrected chi connectivity index (χ1v) is 15.8. The smallest absolute Gasteiger partial charge is 0.338 e. The minimum atomic E-state index is -1.34. The predicted molar refractivity (Wildman–Crippen MR) is 170 cm³/mol. The molecule has 0 bridgehead atoms. The van der Waals surface area contributed by atoms with Crippen molar-refractivity contribution in [2.75, 3.05) is 12.4 Å². The van der Waals surface area contributed by atoms with Crippen molar-refractivity contribution in [3.63, 3.8) is 0 Å². The van der Waals surface area contributed by atoms with E-state index >= 15 is 0 Å². The van der Waals surface area contributed by atoms with Gasteiger partial charge in [-0.1, -0.05) is 79.7 Å². The topological polar surface area (TPSA) is 114 Å². The van der Waals surface area contributed by atoms with Gasteiger partial charge in [-0.05, 0) is 54.3 Å². The molecule has 236 valence electrons. The van der Waals surface area contributed by atoms with Crippen LogP contribution in [0.1, 0.15) is 48.4 Å². The van der Waals surface area contributed by atoms with E-state index in [0.29, 0.717) is 11.3 Å². The number of carbonyl (C=O) groups excluding carboxylic acids is 4. The second-order valence-corrected chi connectivity index (χ2v) is 11.5. The summed E-state index contributed by atoms with van der Waals surface area (Å²) in [6.07, 6.45) is -4.98. The Morgan fingerprint density at radius 3 is 1.33 bits per heavy atom. The highest BCUT2D eigenvalue weighted by Gasteiger charge is 2.53. The number of carbonyl (C=O) groups is 4. The van der Waals surface area contributed by atoms with Crippen LogP contribution in [0.2, 0.25) is 0 Å². The van der Waals surface area contributed by atoms with Crippen LogP contribution in [0.5, 0.6) is 0 Å². The maximum absolute atomic E-state index is 13.5. The summed E-state index contributed by atoms with van der Waals surface area (Å²) in [6, 6.07) is 33.3. The Hall–Kier alpha value is -4.93. The third kappa shape index (κ3) is 8.21. The number of thioether (sulfide) groups is 1. The van der Waals surface area contributed by atoms with Crippen molar-refractivity contribution in [2.45, 2.75) is 36.8 Å². The summed E-state index contributed by atoms with van der Waals surface area (Å²) in [7, 11) is 0. The molecule has 5 atom stereocenters. The van der Waals surface area contributed by atoms with Crippen molar-refractivity contribution in [1.29, 1.82) is 0 Å². The first-order chi connectivity index (χ1) is 22.4. The van der Waals surface area contributed by atoms with Gasteiger partial charge in [-0.3, -0.25) is 0 Å². The van der Waals surface area contributed by atoms with Crippen LogP contribution in [0.25, 0.3) is 0 Å². The summed E-state index contributed by atoms with van der Waals surface area (Å²) in [5.74, 6) is -2.22. The molecule has 1 heterocycles. The molecule has 1 aliphatic rings. The fourth-order valence-corrected chi connectivity index (χ4v) is 5.78. The van der Waals surface area contributed by atoms with Crippen LogP contribution in [-0.2, 0) is 23.7 Å². The molecule has 9 nitrogen and oxygen atoms in total. The van der Waals surface area contributed by atoms with Crippen molar-refractivity contribution < 1.29 is 42.9 Å². The fraction of sp³-hybridized carbons (Fsp3) is 0.222. The number of hydrogen-bond donors (Lipinski definition) is 0. The Balaban J connectivity index is 1.52. The molecule has 0 saturated carbocycles. The van der Waals surface area contributed by atoms with E-state index in [1.165, 1.54) is 11.8 Å². The number of esters is 4. The quantitative estimate of drug-likeness (QED) is 0.143. The second-order valence-electron chi connectivity index (χ2n) is 10.2. The lowest BCUT2D eigenvalue weighted by molar-refractivity contribution is -0.207. The molecule has 1 fully saturated rings. The van der Waals surface area contributed by atoms with Gasteiger partial charge in [0, 0.05) is 0 Å². The summed E-state index contributed by atoms with van der Waals surface area (Å²) in [4.78, 5) is 53.2. The van der Waals surface area contributed by atoms with Crippen molar-refractivity contribution in [2.24, 2.45) is 0 Å². The molecule has 0 radical (unpaired) electrons. The monoisotopic (exact) mass is 640 g/mol. The molecule has 4 aromatic rings. The number of hydrogen-bond acceptors (Lipinski definition) is 10. The van der Waals surface area contributed by atoms with E-state index in [1.54, 1.807) is 121 Å². The van der Waals surface area contributed by atoms with E-state index in [9.17, 15) is 19.2 Å². The fourth-order valence-electron chi connectivity index (χ4n) is 4.83. The Morgan fingerprint density at radius 1 is 0.543 bits per heavy atom. The molecule has 0 N–H and O–H groups in total. The van der Waals surface area contributed by atoms with Gasteiger partial charge in [0.1, 0.15) is 18.1 Å². The van der Waals surface area contributed by atoms with Crippen LogP contribution >= 0.6 is 11.8 Å². The molecule has 5 rings (SSSR count). The SMILES string of the molecule is CCSC1O[C@H](COC(=O)c2ccccc2)[C@H](OC(=O)c2ccccc2)[C@H](OC(=O)c2ccccc2)[C@H]1OC(=O)c1ccccc1. The van der Waals surface area contributed by atoms with Crippen LogP contribution in [0, 0.1) is 0 Å².